The molecule has 13 heteroatoms. The van der Waals surface area contributed by atoms with Gasteiger partial charge in [-0.05, 0) is 49.9 Å². The monoisotopic (exact) mass is 736 g/mol. The van der Waals surface area contributed by atoms with E-state index in [0.717, 1.165) is 25.5 Å². The lowest BCUT2D eigenvalue weighted by molar-refractivity contribution is -0.841. The van der Waals surface area contributed by atoms with Crippen LogP contribution in [-0.4, -0.2) is 92.7 Å². The maximum absolute atomic E-state index is 17.0. The first-order valence-corrected chi connectivity index (χ1v) is 18.1. The molecule has 8 rings (SSSR count). The Labute approximate surface area is 309 Å². The van der Waals surface area contributed by atoms with E-state index in [4.69, 9.17) is 16.1 Å². The number of nitrogens with zero attached hydrogens (tertiary/aromatic N) is 6. The van der Waals surface area contributed by atoms with Gasteiger partial charge in [0.05, 0.1) is 29.9 Å². The fraction of sp³-hybridized carbons (Fsp3) is 0.341. The van der Waals surface area contributed by atoms with Crippen LogP contribution in [0.1, 0.15) is 43.9 Å². The predicted octanol–water partition coefficient (Wildman–Crippen LogP) is 5.60. The number of hydrogen-bond donors (Lipinski definition) is 1. The third-order valence-electron chi connectivity index (χ3n) is 11.4. The molecule has 9 nitrogen and oxygen atoms in total. The highest BCUT2D eigenvalue weighted by Crippen LogP contribution is 2.41. The van der Waals surface area contributed by atoms with Crippen LogP contribution in [0, 0.1) is 24.0 Å². The van der Waals surface area contributed by atoms with Gasteiger partial charge < -0.3 is 9.64 Å². The topological polar surface area (TPSA) is 88.8 Å². The van der Waals surface area contributed by atoms with Crippen molar-refractivity contribution >= 4 is 39.5 Å². The lowest BCUT2D eigenvalue weighted by Crippen LogP contribution is -3.09. The first-order chi connectivity index (χ1) is 26.1. The van der Waals surface area contributed by atoms with Crippen LogP contribution in [0.3, 0.4) is 0 Å². The summed E-state index contributed by atoms with van der Waals surface area (Å²) in [5.74, 6) is -0.299. The van der Waals surface area contributed by atoms with E-state index in [9.17, 15) is 13.6 Å². The molecule has 3 aliphatic rings. The Bertz CT molecular complexity index is 2350. The summed E-state index contributed by atoms with van der Waals surface area (Å²) in [5.41, 5.74) is -0.0559. The second kappa shape index (κ2) is 14.1. The standard InChI is InChI=1S/C41H37F4N7O2/c1-4-28-31(43)13-12-25-9-7-11-29(34(25)28)36-35(45)37-30(21-47-36)38(49-40(48-37)54-23-41-15-8-17-51(41)22-26(42)20-41)50(3)33-14-18-52(24(33)2)39(53)32(44)19-27-10-5-6-16-46-27/h1,5-7,9-13,16,19,21,24,26,33H,8,14-15,17-18,20,22-23H2,2-3H3/p+1/b32-19-/t24-,26+,33?,41-/m0/s1. The van der Waals surface area contributed by atoms with Crippen molar-refractivity contribution in [2.24, 2.45) is 0 Å². The van der Waals surface area contributed by atoms with Crippen molar-refractivity contribution in [2.75, 3.05) is 33.3 Å². The first-order valence-electron chi connectivity index (χ1n) is 18.1. The number of amides is 1. The zero-order valence-corrected chi connectivity index (χ0v) is 29.8. The Kier molecular flexibility index (Phi) is 9.27. The number of pyridine rings is 2. The maximum atomic E-state index is 17.0. The van der Waals surface area contributed by atoms with Crippen LogP contribution in [0.15, 0.2) is 66.8 Å². The van der Waals surface area contributed by atoms with Crippen molar-refractivity contribution < 1.29 is 32.0 Å². The number of fused-ring (bicyclic) bond motifs is 3. The average Bonchev–Trinajstić information content (AvgIpc) is 3.85. The first kappa shape index (κ1) is 35.6. The van der Waals surface area contributed by atoms with Crippen molar-refractivity contribution in [2.45, 2.75) is 56.4 Å². The largest absolute Gasteiger partial charge is 0.461 e. The van der Waals surface area contributed by atoms with Gasteiger partial charge in [-0.1, -0.05) is 36.3 Å². The van der Waals surface area contributed by atoms with Gasteiger partial charge in [0, 0.05) is 55.4 Å². The number of carbonyl (C=O) groups excluding carboxylic acids is 1. The van der Waals surface area contributed by atoms with Gasteiger partial charge in [-0.2, -0.15) is 4.98 Å². The number of likely N-dealkylation sites (tertiary alicyclic amines) is 1. The number of rotatable bonds is 8. The average molecular weight is 737 g/mol. The number of terminal acetylenes is 1. The van der Waals surface area contributed by atoms with Gasteiger partial charge in [-0.15, -0.1) is 11.4 Å². The molecule has 2 unspecified atom stereocenters. The SMILES string of the molecule is C#Cc1c(F)ccc2cccc(-c3ncc4c([NH+](C)C5CCN(C(=O)/C(F)=C/c6ccccn6)[C@H]5C)nc(OC[C@@]56CCCN5C[C@H](F)C6)nc4c3F)c12. The van der Waals surface area contributed by atoms with E-state index >= 15 is 8.78 Å². The van der Waals surface area contributed by atoms with E-state index in [1.807, 2.05) is 14.0 Å². The molecule has 0 spiro atoms. The Hall–Kier alpha value is -5.45. The maximum Gasteiger partial charge on any atom is 0.322 e. The van der Waals surface area contributed by atoms with Crippen LogP contribution < -0.4 is 9.64 Å². The van der Waals surface area contributed by atoms with E-state index in [2.05, 4.69) is 25.8 Å². The van der Waals surface area contributed by atoms with Gasteiger partial charge >= 0.3 is 6.01 Å². The highest BCUT2D eigenvalue weighted by atomic mass is 19.1. The van der Waals surface area contributed by atoms with Gasteiger partial charge in [0.15, 0.2) is 11.6 Å². The summed E-state index contributed by atoms with van der Waals surface area (Å²) >= 11 is 0. The fourth-order valence-electron chi connectivity index (χ4n) is 8.70. The molecular weight excluding hydrogens is 698 g/mol. The summed E-state index contributed by atoms with van der Waals surface area (Å²) in [6.07, 6.45) is 11.4. The summed E-state index contributed by atoms with van der Waals surface area (Å²) < 4.78 is 68.0. The Morgan fingerprint density at radius 2 is 1.98 bits per heavy atom. The van der Waals surface area contributed by atoms with E-state index in [0.29, 0.717) is 57.5 Å². The number of aromatic nitrogens is 4. The predicted molar refractivity (Wildman–Crippen MR) is 196 cm³/mol. The third-order valence-corrected chi connectivity index (χ3v) is 11.4. The van der Waals surface area contributed by atoms with Crippen LogP contribution in [-0.2, 0) is 4.79 Å². The minimum atomic E-state index is -0.972. The summed E-state index contributed by atoms with van der Waals surface area (Å²) in [5, 5.41) is 1.26. The molecular formula is C41H38F4N7O2+. The zero-order valence-electron chi connectivity index (χ0n) is 29.8. The van der Waals surface area contributed by atoms with Crippen molar-refractivity contribution in [3.8, 4) is 29.6 Å². The van der Waals surface area contributed by atoms with E-state index in [-0.39, 0.29) is 42.0 Å². The van der Waals surface area contributed by atoms with Crippen molar-refractivity contribution in [1.29, 1.82) is 0 Å². The molecule has 1 N–H and O–H groups in total. The number of likely N-dealkylation sites (N-methyl/N-ethyl adjacent to an activating group) is 1. The van der Waals surface area contributed by atoms with Gasteiger partial charge in [0.25, 0.3) is 5.91 Å². The quantitative estimate of drug-likeness (QED) is 0.126. The minimum Gasteiger partial charge on any atom is -0.461 e. The van der Waals surface area contributed by atoms with E-state index in [1.165, 1.54) is 23.4 Å². The Morgan fingerprint density at radius 1 is 1.13 bits per heavy atom. The highest BCUT2D eigenvalue weighted by molar-refractivity contribution is 6.01. The number of hydrogen-bond acceptors (Lipinski definition) is 7. The van der Waals surface area contributed by atoms with Crippen LogP contribution in [0.4, 0.5) is 23.4 Å². The Morgan fingerprint density at radius 3 is 2.78 bits per heavy atom. The molecule has 3 aromatic heterocycles. The van der Waals surface area contributed by atoms with E-state index < -0.39 is 41.1 Å². The van der Waals surface area contributed by atoms with E-state index in [1.54, 1.807) is 42.5 Å². The molecule has 5 aromatic rings. The number of ether oxygens (including phenoxy) is 1. The molecule has 3 fully saturated rings. The molecule has 0 saturated carbocycles. The van der Waals surface area contributed by atoms with Gasteiger partial charge in [0.1, 0.15) is 41.2 Å². The molecule has 2 aromatic carbocycles. The molecule has 6 heterocycles. The summed E-state index contributed by atoms with van der Waals surface area (Å²) in [6, 6.07) is 12.2. The molecule has 0 bridgehead atoms. The number of halogens is 4. The molecule has 54 heavy (non-hydrogen) atoms. The minimum absolute atomic E-state index is 0.00952. The smallest absolute Gasteiger partial charge is 0.322 e. The Balaban J connectivity index is 1.19. The number of alkyl halides is 1. The summed E-state index contributed by atoms with van der Waals surface area (Å²) in [6.45, 7) is 3.35. The normalized spacial score (nSPS) is 23.5. The summed E-state index contributed by atoms with van der Waals surface area (Å²) in [4.78, 5) is 35.6. The zero-order chi connectivity index (χ0) is 37.7. The lowest BCUT2D eigenvalue weighted by Gasteiger charge is -2.31. The van der Waals surface area contributed by atoms with Gasteiger partial charge in [-0.3, -0.25) is 24.6 Å². The van der Waals surface area contributed by atoms with Crippen LogP contribution in [0.5, 0.6) is 6.01 Å². The molecule has 5 atom stereocenters. The number of quaternary nitrogens is 1. The van der Waals surface area contributed by atoms with Crippen molar-refractivity contribution in [1.82, 2.24) is 29.7 Å². The molecule has 0 aliphatic carbocycles. The second-order valence-electron chi connectivity index (χ2n) is 14.4. The van der Waals surface area contributed by atoms with Crippen molar-refractivity contribution in [3.05, 3.63) is 89.6 Å². The lowest BCUT2D eigenvalue weighted by atomic mass is 9.95. The molecule has 3 saturated heterocycles. The molecule has 276 valence electrons. The van der Waals surface area contributed by atoms with Gasteiger partial charge in [-0.25, -0.2) is 17.6 Å². The molecule has 3 aliphatic heterocycles. The van der Waals surface area contributed by atoms with Crippen molar-refractivity contribution in [3.63, 3.8) is 0 Å². The molecule has 1 amide bonds. The number of carbonyl (C=O) groups is 1. The fourth-order valence-corrected chi connectivity index (χ4v) is 8.70. The number of nitrogens with one attached hydrogen (secondary N) is 1. The molecule has 0 radical (unpaired) electrons. The highest BCUT2D eigenvalue weighted by Gasteiger charge is 2.49. The van der Waals surface area contributed by atoms with Crippen LogP contribution >= 0.6 is 0 Å². The third kappa shape index (κ3) is 6.13. The van der Waals surface area contributed by atoms with Crippen LogP contribution in [0.2, 0.25) is 0 Å². The second-order valence-corrected chi connectivity index (χ2v) is 14.4. The number of benzene rings is 2. The van der Waals surface area contributed by atoms with Crippen LogP contribution in [0.25, 0.3) is 39.0 Å². The summed E-state index contributed by atoms with van der Waals surface area (Å²) in [7, 11) is 1.85. The van der Waals surface area contributed by atoms with Gasteiger partial charge in [0.2, 0.25) is 5.82 Å².